The molecule has 4 saturated heterocycles. The van der Waals surface area contributed by atoms with Crippen molar-refractivity contribution in [1.82, 2.24) is 0 Å². The zero-order chi connectivity index (χ0) is 21.9. The van der Waals surface area contributed by atoms with Gasteiger partial charge in [0.1, 0.15) is 24.7 Å². The number of allylic oxidation sites excluding steroid dienone is 1. The molecule has 5 aliphatic heterocycles. The maximum atomic E-state index is 14.7. The molecule has 1 saturated carbocycles. The molecule has 0 unspecified atom stereocenters. The topological polar surface area (TPSA) is 78.9 Å². The maximum Gasteiger partial charge on any atom is 0.322 e. The summed E-state index contributed by atoms with van der Waals surface area (Å²) in [4.78, 5) is 28.4. The molecule has 31 heavy (non-hydrogen) atoms. The quantitative estimate of drug-likeness (QED) is 0.314. The summed E-state index contributed by atoms with van der Waals surface area (Å²) < 4.78 is 11.1. The van der Waals surface area contributed by atoms with Crippen LogP contribution < -0.4 is 4.90 Å². The molecule has 7 heteroatoms. The highest BCUT2D eigenvalue weighted by molar-refractivity contribution is 5.84. The molecular weight excluding hydrogens is 396 g/mol. The first-order valence-electron chi connectivity index (χ1n) is 11.1. The second-order valence-electron chi connectivity index (χ2n) is 9.98. The average Bonchev–Trinajstić information content (AvgIpc) is 3.14. The summed E-state index contributed by atoms with van der Waals surface area (Å²) in [6, 6.07) is 7.37. The fourth-order valence-electron chi connectivity index (χ4n) is 8.60. The number of nitrogens with zero attached hydrogens (tertiary/aromatic N) is 2. The fourth-order valence-corrected chi connectivity index (χ4v) is 8.60. The van der Waals surface area contributed by atoms with Crippen LogP contribution in [0.3, 0.4) is 0 Å². The zero-order valence-corrected chi connectivity index (χ0v) is 18.3. The van der Waals surface area contributed by atoms with Gasteiger partial charge in [-0.15, -0.1) is 0 Å². The second-order valence-corrected chi connectivity index (χ2v) is 9.98. The number of quaternary nitrogens is 1. The number of hydrogen-bond donors (Lipinski definition) is 0. The Kier molecular flexibility index (Phi) is 3.55. The number of likely N-dealkylation sites (N-methyl/N-ethyl adjacent to an activating group) is 1. The number of piperidine rings is 4. The Labute approximate surface area is 181 Å². The van der Waals surface area contributed by atoms with E-state index in [1.165, 1.54) is 14.0 Å². The Hall–Kier alpha value is -2.38. The largest absolute Gasteiger partial charge is 0.632 e. The second kappa shape index (κ2) is 5.70. The van der Waals surface area contributed by atoms with E-state index in [9.17, 15) is 14.8 Å². The minimum atomic E-state index is -1.16. The summed E-state index contributed by atoms with van der Waals surface area (Å²) in [7, 11) is 3.42. The van der Waals surface area contributed by atoms with Crippen molar-refractivity contribution in [1.29, 1.82) is 0 Å². The van der Waals surface area contributed by atoms with E-state index < -0.39 is 39.6 Å². The first kappa shape index (κ1) is 19.3. The molecule has 1 aromatic carbocycles. The number of carbonyl (C=O) groups is 2. The lowest BCUT2D eigenvalue weighted by Gasteiger charge is -2.69. The van der Waals surface area contributed by atoms with Crippen LogP contribution in [0.2, 0.25) is 0 Å². The van der Waals surface area contributed by atoms with Crippen molar-refractivity contribution in [2.75, 3.05) is 25.6 Å². The fraction of sp³-hybridized carbons (Fsp3) is 0.583. The minimum Gasteiger partial charge on any atom is -0.632 e. The lowest BCUT2D eigenvalue weighted by molar-refractivity contribution is -0.950. The van der Waals surface area contributed by atoms with Gasteiger partial charge in [0.15, 0.2) is 5.41 Å². The van der Waals surface area contributed by atoms with Gasteiger partial charge < -0.3 is 24.2 Å². The van der Waals surface area contributed by atoms with Gasteiger partial charge in [-0.25, -0.2) is 0 Å². The molecule has 7 rings (SSSR count). The highest BCUT2D eigenvalue weighted by Gasteiger charge is 2.88. The number of carbonyl (C=O) groups excluding carboxylic acids is 2. The predicted molar refractivity (Wildman–Crippen MR) is 113 cm³/mol. The number of benzene rings is 1. The van der Waals surface area contributed by atoms with Crippen LogP contribution in [-0.4, -0.2) is 61.5 Å². The molecule has 1 aromatic rings. The molecule has 164 valence electrons. The highest BCUT2D eigenvalue weighted by atomic mass is 16.6. The summed E-state index contributed by atoms with van der Waals surface area (Å²) in [6.45, 7) is 3.73. The van der Waals surface area contributed by atoms with Crippen LogP contribution in [0, 0.1) is 16.5 Å². The van der Waals surface area contributed by atoms with Crippen molar-refractivity contribution in [3.05, 3.63) is 46.7 Å². The predicted octanol–water partition coefficient (Wildman–Crippen LogP) is 2.28. The minimum absolute atomic E-state index is 0.127. The van der Waals surface area contributed by atoms with Crippen LogP contribution in [0.15, 0.2) is 35.9 Å². The zero-order valence-electron chi connectivity index (χ0n) is 18.3. The summed E-state index contributed by atoms with van der Waals surface area (Å²) >= 11 is 0. The van der Waals surface area contributed by atoms with E-state index in [1.54, 1.807) is 0 Å². The standard InChI is InChI=1S/C24H28N2O5/c1-5-14-12-26(29)18-10-16(14)24(22(28)30-4)19(26)11-23(21(24)31-13(2)27)15-8-6-7-9-17(15)25(3)20(18)23/h5-9,16,18-21H,10-12H2,1-4H3/b14-5+/t16-,18-,19-,20+,21-,23+,24+,26+/m0/s1. The molecule has 0 amide bonds. The SMILES string of the molecule is C/C=C1\C[N@@+]2([O-])[C@H]3C[C@@H]1[C@]1(C(=O)OC)[C@@H](OC(C)=O)[C@]4(C[C@@H]12)c1ccccc1N(C)[C@H]34. The number of hydroxylamine groups is 3. The molecule has 0 N–H and O–H groups in total. The van der Waals surface area contributed by atoms with E-state index in [0.29, 0.717) is 19.4 Å². The first-order chi connectivity index (χ1) is 14.8. The van der Waals surface area contributed by atoms with Gasteiger partial charge in [0.2, 0.25) is 0 Å². The van der Waals surface area contributed by atoms with Crippen molar-refractivity contribution >= 4 is 17.6 Å². The Morgan fingerprint density at radius 2 is 2.06 bits per heavy atom. The van der Waals surface area contributed by atoms with Crippen LogP contribution in [0.4, 0.5) is 5.69 Å². The van der Waals surface area contributed by atoms with Gasteiger partial charge in [-0.3, -0.25) is 9.59 Å². The van der Waals surface area contributed by atoms with Gasteiger partial charge in [-0.2, -0.15) is 0 Å². The number of fused-ring (bicyclic) bond motifs is 2. The normalized spacial score (nSPS) is 46.8. The average molecular weight is 424 g/mol. The van der Waals surface area contributed by atoms with Crippen molar-refractivity contribution in [2.45, 2.75) is 56.3 Å². The van der Waals surface area contributed by atoms with E-state index in [0.717, 1.165) is 16.8 Å². The molecule has 0 aromatic heterocycles. The summed E-state index contributed by atoms with van der Waals surface area (Å²) in [5.41, 5.74) is 1.40. The molecular formula is C24H28N2O5. The number of hydrogen-bond acceptors (Lipinski definition) is 6. The Morgan fingerprint density at radius 3 is 2.74 bits per heavy atom. The van der Waals surface area contributed by atoms with Gasteiger partial charge in [0.05, 0.1) is 18.6 Å². The monoisotopic (exact) mass is 424 g/mol. The molecule has 6 aliphatic rings. The number of ether oxygens (including phenoxy) is 2. The maximum absolute atomic E-state index is 14.7. The summed E-state index contributed by atoms with van der Waals surface area (Å²) in [6.07, 6.45) is 2.39. The third-order valence-corrected chi connectivity index (χ3v) is 9.29. The number of methoxy groups -OCH3 is 1. The molecule has 5 bridgehead atoms. The molecule has 5 heterocycles. The lowest BCUT2D eigenvalue weighted by Crippen LogP contribution is -2.79. The summed E-state index contributed by atoms with van der Waals surface area (Å²) in [5, 5.41) is 14.7. The summed E-state index contributed by atoms with van der Waals surface area (Å²) in [5.74, 6) is -0.979. The van der Waals surface area contributed by atoms with Crippen molar-refractivity contribution in [3.8, 4) is 0 Å². The van der Waals surface area contributed by atoms with Gasteiger partial charge in [0, 0.05) is 38.4 Å². The molecule has 5 fully saturated rings. The van der Waals surface area contributed by atoms with E-state index in [1.807, 2.05) is 32.2 Å². The van der Waals surface area contributed by atoms with Gasteiger partial charge >= 0.3 is 11.9 Å². The third kappa shape index (κ3) is 1.79. The van der Waals surface area contributed by atoms with Crippen LogP contribution in [0.1, 0.15) is 32.3 Å². The third-order valence-electron chi connectivity index (χ3n) is 9.29. The van der Waals surface area contributed by atoms with Crippen molar-refractivity contribution < 1.29 is 23.7 Å². The van der Waals surface area contributed by atoms with E-state index in [2.05, 4.69) is 17.0 Å². The number of anilines is 1. The van der Waals surface area contributed by atoms with Crippen LogP contribution in [0.5, 0.6) is 0 Å². The van der Waals surface area contributed by atoms with Crippen LogP contribution >= 0.6 is 0 Å². The van der Waals surface area contributed by atoms with Gasteiger partial charge in [-0.05, 0) is 24.1 Å². The number of rotatable bonds is 2. The van der Waals surface area contributed by atoms with Gasteiger partial charge in [-0.1, -0.05) is 24.3 Å². The smallest absolute Gasteiger partial charge is 0.322 e. The first-order valence-corrected chi connectivity index (χ1v) is 11.1. The highest BCUT2D eigenvalue weighted by Crippen LogP contribution is 2.75. The Balaban J connectivity index is 1.72. The number of para-hydroxylation sites is 1. The van der Waals surface area contributed by atoms with Crippen molar-refractivity contribution in [2.24, 2.45) is 11.3 Å². The van der Waals surface area contributed by atoms with Crippen molar-refractivity contribution in [3.63, 3.8) is 0 Å². The van der Waals surface area contributed by atoms with E-state index in [4.69, 9.17) is 9.47 Å². The molecule has 0 radical (unpaired) electrons. The van der Waals surface area contributed by atoms with E-state index >= 15 is 0 Å². The van der Waals surface area contributed by atoms with Gasteiger partial charge in [0.25, 0.3) is 0 Å². The Bertz CT molecular complexity index is 1050. The van der Waals surface area contributed by atoms with E-state index in [-0.39, 0.29) is 18.0 Å². The molecule has 1 aliphatic carbocycles. The van der Waals surface area contributed by atoms with Crippen LogP contribution in [-0.2, 0) is 24.5 Å². The molecule has 7 nitrogen and oxygen atoms in total. The molecule has 8 atom stereocenters. The molecule has 1 spiro atoms. The Morgan fingerprint density at radius 1 is 1.32 bits per heavy atom. The van der Waals surface area contributed by atoms with Crippen LogP contribution in [0.25, 0.3) is 0 Å². The lowest BCUT2D eigenvalue weighted by atomic mass is 9.58. The number of esters is 2.